The molecule has 0 saturated heterocycles. The Bertz CT molecular complexity index is 182. The van der Waals surface area contributed by atoms with Crippen molar-refractivity contribution in [3.8, 4) is 0 Å². The van der Waals surface area contributed by atoms with Crippen LogP contribution >= 0.6 is 0 Å². The number of aliphatic hydroxyl groups is 1. The van der Waals surface area contributed by atoms with Crippen molar-refractivity contribution in [1.29, 1.82) is 0 Å². The molecule has 0 spiro atoms. The summed E-state index contributed by atoms with van der Waals surface area (Å²) in [5.74, 6) is -1.06. The van der Waals surface area contributed by atoms with Crippen LogP contribution in [0.4, 0.5) is 0 Å². The molecule has 1 N–H and O–H groups in total. The van der Waals surface area contributed by atoms with Gasteiger partial charge in [0.1, 0.15) is 0 Å². The Balaban J connectivity index is 2.67. The average Bonchev–Trinajstić information content (AvgIpc) is 1.96. The van der Waals surface area contributed by atoms with Gasteiger partial charge in [-0.2, -0.15) is 0 Å². The van der Waals surface area contributed by atoms with Crippen molar-refractivity contribution in [3.63, 3.8) is 0 Å². The maximum absolute atomic E-state index is 9.44. The smallest absolute Gasteiger partial charge is 0.188 e. The SMILES string of the molecule is COC1(O)C=CC(C)=CC1. The summed E-state index contributed by atoms with van der Waals surface area (Å²) in [6.07, 6.45) is 6.02. The molecule has 2 nitrogen and oxygen atoms in total. The third kappa shape index (κ3) is 1.46. The maximum Gasteiger partial charge on any atom is 0.188 e. The van der Waals surface area contributed by atoms with E-state index in [9.17, 15) is 5.11 Å². The van der Waals surface area contributed by atoms with E-state index in [0.29, 0.717) is 6.42 Å². The Morgan fingerprint density at radius 1 is 1.70 bits per heavy atom. The minimum absolute atomic E-state index is 0.547. The predicted octanol–water partition coefficient (Wildman–Crippen LogP) is 1.23. The third-order valence-electron chi connectivity index (χ3n) is 1.68. The summed E-state index contributed by atoms with van der Waals surface area (Å²) < 4.78 is 4.85. The number of methoxy groups -OCH3 is 1. The van der Waals surface area contributed by atoms with Crippen molar-refractivity contribution in [2.75, 3.05) is 7.11 Å². The van der Waals surface area contributed by atoms with Crippen LogP contribution in [0.25, 0.3) is 0 Å². The molecule has 0 amide bonds. The molecular weight excluding hydrogens is 128 g/mol. The molecule has 1 unspecified atom stereocenters. The van der Waals surface area contributed by atoms with Gasteiger partial charge >= 0.3 is 0 Å². The van der Waals surface area contributed by atoms with Crippen LogP contribution in [0.2, 0.25) is 0 Å². The predicted molar refractivity (Wildman–Crippen MR) is 39.5 cm³/mol. The zero-order valence-electron chi connectivity index (χ0n) is 6.29. The molecule has 0 aromatic heterocycles. The normalized spacial score (nSPS) is 32.1. The van der Waals surface area contributed by atoms with Gasteiger partial charge in [0.05, 0.1) is 0 Å². The van der Waals surface area contributed by atoms with Gasteiger partial charge in [-0.05, 0) is 13.0 Å². The number of hydrogen-bond acceptors (Lipinski definition) is 2. The zero-order valence-corrected chi connectivity index (χ0v) is 6.29. The van der Waals surface area contributed by atoms with Crippen molar-refractivity contribution >= 4 is 0 Å². The van der Waals surface area contributed by atoms with E-state index in [4.69, 9.17) is 4.74 Å². The molecule has 0 heterocycles. The Hall–Kier alpha value is -0.600. The van der Waals surface area contributed by atoms with Crippen LogP contribution in [0.5, 0.6) is 0 Å². The van der Waals surface area contributed by atoms with Gasteiger partial charge in [0.25, 0.3) is 0 Å². The molecule has 1 aliphatic carbocycles. The Morgan fingerprint density at radius 2 is 2.40 bits per heavy atom. The minimum atomic E-state index is -1.06. The van der Waals surface area contributed by atoms with Crippen molar-refractivity contribution in [3.05, 3.63) is 23.8 Å². The van der Waals surface area contributed by atoms with E-state index in [1.165, 1.54) is 12.7 Å². The van der Waals surface area contributed by atoms with E-state index in [1.807, 2.05) is 19.1 Å². The molecule has 0 aromatic rings. The number of rotatable bonds is 1. The van der Waals surface area contributed by atoms with Gasteiger partial charge in [-0.3, -0.25) is 0 Å². The van der Waals surface area contributed by atoms with E-state index in [1.54, 1.807) is 6.08 Å². The van der Waals surface area contributed by atoms with Crippen LogP contribution in [0.1, 0.15) is 13.3 Å². The van der Waals surface area contributed by atoms with Gasteiger partial charge in [-0.15, -0.1) is 0 Å². The van der Waals surface area contributed by atoms with Gasteiger partial charge in [0, 0.05) is 13.5 Å². The molecule has 1 atom stereocenters. The third-order valence-corrected chi connectivity index (χ3v) is 1.68. The number of ether oxygens (including phenoxy) is 1. The van der Waals surface area contributed by atoms with Crippen LogP contribution in [-0.4, -0.2) is 18.0 Å². The standard InChI is InChI=1S/C8H12O2/c1-7-3-5-8(9,10-2)6-4-7/h3-5,9H,6H2,1-2H3. The first-order valence-electron chi connectivity index (χ1n) is 3.30. The lowest BCUT2D eigenvalue weighted by Gasteiger charge is -2.23. The molecule has 0 fully saturated rings. The van der Waals surface area contributed by atoms with E-state index >= 15 is 0 Å². The highest BCUT2D eigenvalue weighted by atomic mass is 16.6. The Morgan fingerprint density at radius 3 is 2.80 bits per heavy atom. The fourth-order valence-corrected chi connectivity index (χ4v) is 0.856. The molecule has 0 aromatic carbocycles. The molecule has 10 heavy (non-hydrogen) atoms. The van der Waals surface area contributed by atoms with E-state index < -0.39 is 5.79 Å². The van der Waals surface area contributed by atoms with Crippen LogP contribution in [0.3, 0.4) is 0 Å². The summed E-state index contributed by atoms with van der Waals surface area (Å²) >= 11 is 0. The lowest BCUT2D eigenvalue weighted by Crippen LogP contribution is -2.28. The first kappa shape index (κ1) is 7.51. The van der Waals surface area contributed by atoms with Crippen molar-refractivity contribution in [2.45, 2.75) is 19.1 Å². The van der Waals surface area contributed by atoms with E-state index in [-0.39, 0.29) is 0 Å². The summed E-state index contributed by atoms with van der Waals surface area (Å²) in [5.41, 5.74) is 1.17. The van der Waals surface area contributed by atoms with Gasteiger partial charge < -0.3 is 9.84 Å². The summed E-state index contributed by atoms with van der Waals surface area (Å²) in [7, 11) is 1.50. The van der Waals surface area contributed by atoms with Crippen LogP contribution in [-0.2, 0) is 4.74 Å². The fraction of sp³-hybridized carbons (Fsp3) is 0.500. The van der Waals surface area contributed by atoms with E-state index in [2.05, 4.69) is 0 Å². The maximum atomic E-state index is 9.44. The second-order valence-electron chi connectivity index (χ2n) is 2.53. The second kappa shape index (κ2) is 2.56. The zero-order chi connectivity index (χ0) is 7.61. The first-order chi connectivity index (χ1) is 4.66. The largest absolute Gasteiger partial charge is 0.362 e. The first-order valence-corrected chi connectivity index (χ1v) is 3.30. The molecule has 1 rings (SSSR count). The van der Waals surface area contributed by atoms with Gasteiger partial charge in [-0.25, -0.2) is 0 Å². The summed E-state index contributed by atoms with van der Waals surface area (Å²) in [5, 5.41) is 9.44. The highest BCUT2D eigenvalue weighted by molar-refractivity contribution is 5.23. The lowest BCUT2D eigenvalue weighted by molar-refractivity contribution is -0.143. The minimum Gasteiger partial charge on any atom is -0.362 e. The van der Waals surface area contributed by atoms with Crippen molar-refractivity contribution in [1.82, 2.24) is 0 Å². The van der Waals surface area contributed by atoms with Crippen molar-refractivity contribution in [2.24, 2.45) is 0 Å². The highest BCUT2D eigenvalue weighted by Gasteiger charge is 2.22. The Kier molecular flexibility index (Phi) is 1.92. The van der Waals surface area contributed by atoms with Gasteiger partial charge in [0.2, 0.25) is 0 Å². The van der Waals surface area contributed by atoms with Gasteiger partial charge in [0.15, 0.2) is 5.79 Å². The van der Waals surface area contributed by atoms with E-state index in [0.717, 1.165) is 0 Å². The fourth-order valence-electron chi connectivity index (χ4n) is 0.856. The topological polar surface area (TPSA) is 29.5 Å². The lowest BCUT2D eigenvalue weighted by atomic mass is 10.0. The number of allylic oxidation sites excluding steroid dienone is 2. The summed E-state index contributed by atoms with van der Waals surface area (Å²) in [4.78, 5) is 0. The molecular formula is C8H12O2. The van der Waals surface area contributed by atoms with Crippen LogP contribution < -0.4 is 0 Å². The monoisotopic (exact) mass is 140 g/mol. The van der Waals surface area contributed by atoms with Gasteiger partial charge in [-0.1, -0.05) is 17.7 Å². The molecule has 0 saturated carbocycles. The average molecular weight is 140 g/mol. The molecule has 0 radical (unpaired) electrons. The highest BCUT2D eigenvalue weighted by Crippen LogP contribution is 2.20. The van der Waals surface area contributed by atoms with Crippen molar-refractivity contribution < 1.29 is 9.84 Å². The number of hydrogen-bond donors (Lipinski definition) is 1. The molecule has 1 aliphatic rings. The van der Waals surface area contributed by atoms with Crippen LogP contribution in [0.15, 0.2) is 23.8 Å². The Labute approximate surface area is 60.8 Å². The quantitative estimate of drug-likeness (QED) is 0.555. The van der Waals surface area contributed by atoms with Crippen LogP contribution in [0, 0.1) is 0 Å². The summed E-state index contributed by atoms with van der Waals surface area (Å²) in [6.45, 7) is 1.99. The molecule has 0 aliphatic heterocycles. The molecule has 0 bridgehead atoms. The molecule has 56 valence electrons. The summed E-state index contributed by atoms with van der Waals surface area (Å²) in [6, 6.07) is 0. The molecule has 2 heteroatoms. The second-order valence-corrected chi connectivity index (χ2v) is 2.53.